The van der Waals surface area contributed by atoms with E-state index in [-0.39, 0.29) is 23.5 Å². The van der Waals surface area contributed by atoms with Crippen molar-refractivity contribution in [3.8, 4) is 0 Å². The number of rotatable bonds is 6. The zero-order valence-corrected chi connectivity index (χ0v) is 21.1. The maximum absolute atomic E-state index is 12.5. The Hall–Kier alpha value is -2.70. The van der Waals surface area contributed by atoms with Crippen LogP contribution in [0.15, 0.2) is 30.3 Å². The van der Waals surface area contributed by atoms with Crippen LogP contribution in [0.2, 0.25) is 0 Å². The van der Waals surface area contributed by atoms with Crippen molar-refractivity contribution in [2.75, 3.05) is 54.5 Å². The van der Waals surface area contributed by atoms with Crippen LogP contribution in [0.1, 0.15) is 31.2 Å². The third kappa shape index (κ3) is 6.95. The molecule has 2 fully saturated rings. The van der Waals surface area contributed by atoms with E-state index in [4.69, 9.17) is 9.90 Å². The Morgan fingerprint density at radius 1 is 0.944 bits per heavy atom. The van der Waals surface area contributed by atoms with E-state index in [0.717, 1.165) is 25.7 Å². The van der Waals surface area contributed by atoms with Gasteiger partial charge in [0.05, 0.1) is 19.8 Å². The highest BCUT2D eigenvalue weighted by Crippen LogP contribution is 2.48. The molecule has 202 valence electrons. The van der Waals surface area contributed by atoms with Crippen LogP contribution >= 0.6 is 0 Å². The molecule has 1 saturated heterocycles. The number of carboxylic acids is 2. The van der Waals surface area contributed by atoms with E-state index >= 15 is 0 Å². The van der Waals surface area contributed by atoms with Gasteiger partial charge in [-0.1, -0.05) is 30.3 Å². The van der Waals surface area contributed by atoms with Gasteiger partial charge >= 0.3 is 18.1 Å². The SMILES string of the molecule is CN(C)C(=O)CN1CN(CC(=O)O)CC12CCC(c1ccccc1)(N(C)C)CC2.O=C(O)C(F)(F)F. The fraction of sp³-hybridized carbons (Fsp3) is 0.625. The van der Waals surface area contributed by atoms with Crippen molar-refractivity contribution in [1.82, 2.24) is 19.6 Å². The average molecular weight is 517 g/mol. The van der Waals surface area contributed by atoms with Crippen LogP contribution in [0.4, 0.5) is 13.2 Å². The van der Waals surface area contributed by atoms with Gasteiger partial charge in [-0.25, -0.2) is 4.79 Å². The maximum Gasteiger partial charge on any atom is 0.490 e. The fourth-order valence-electron chi connectivity index (χ4n) is 5.12. The number of hydrogen-bond acceptors (Lipinski definition) is 6. The Morgan fingerprint density at radius 2 is 1.47 bits per heavy atom. The monoisotopic (exact) mass is 516 g/mol. The second-order valence-electron chi connectivity index (χ2n) is 9.83. The molecule has 3 rings (SSSR count). The molecule has 1 aliphatic heterocycles. The van der Waals surface area contributed by atoms with Crippen LogP contribution in [-0.2, 0) is 19.9 Å². The standard InChI is InChI=1S/C22H34N4O3.C2HF3O2/c1-23(2)19(27)14-26-17-25(15-20(28)29)16-21(26)10-12-22(13-11-21,24(3)4)18-8-6-5-7-9-18;3-2(4,5)1(6)7/h5-9H,10-17H2,1-4H3,(H,28,29);(H,6,7). The topological polar surface area (TPSA) is 105 Å². The second-order valence-corrected chi connectivity index (χ2v) is 9.83. The predicted octanol–water partition coefficient (Wildman–Crippen LogP) is 2.14. The lowest BCUT2D eigenvalue weighted by atomic mass is 9.68. The molecule has 1 spiro atoms. The summed E-state index contributed by atoms with van der Waals surface area (Å²) in [7, 11) is 7.83. The minimum atomic E-state index is -5.08. The smallest absolute Gasteiger partial charge is 0.480 e. The zero-order chi connectivity index (χ0) is 27.3. The van der Waals surface area contributed by atoms with E-state index in [9.17, 15) is 27.9 Å². The van der Waals surface area contributed by atoms with Gasteiger partial charge in [-0.2, -0.15) is 13.2 Å². The molecule has 0 atom stereocenters. The predicted molar refractivity (Wildman–Crippen MR) is 126 cm³/mol. The van der Waals surface area contributed by atoms with Gasteiger partial charge in [0.25, 0.3) is 0 Å². The Bertz CT molecular complexity index is 916. The number of amides is 1. The largest absolute Gasteiger partial charge is 0.490 e. The third-order valence-electron chi connectivity index (χ3n) is 7.16. The molecule has 36 heavy (non-hydrogen) atoms. The summed E-state index contributed by atoms with van der Waals surface area (Å²) in [6, 6.07) is 10.6. The number of halogens is 3. The van der Waals surface area contributed by atoms with Gasteiger partial charge < -0.3 is 15.1 Å². The molecule has 1 aliphatic carbocycles. The molecule has 0 unspecified atom stereocenters. The van der Waals surface area contributed by atoms with Crippen LogP contribution in [0.25, 0.3) is 0 Å². The first-order valence-corrected chi connectivity index (χ1v) is 11.6. The lowest BCUT2D eigenvalue weighted by Crippen LogP contribution is -2.56. The van der Waals surface area contributed by atoms with Crippen LogP contribution in [0.5, 0.6) is 0 Å². The first-order valence-electron chi connectivity index (χ1n) is 11.6. The van der Waals surface area contributed by atoms with Crippen molar-refractivity contribution >= 4 is 17.8 Å². The zero-order valence-electron chi connectivity index (χ0n) is 21.1. The number of carbonyl (C=O) groups is 3. The van der Waals surface area contributed by atoms with E-state index in [1.807, 2.05) is 11.0 Å². The molecule has 1 amide bonds. The van der Waals surface area contributed by atoms with Gasteiger partial charge in [-0.15, -0.1) is 0 Å². The maximum atomic E-state index is 12.5. The van der Waals surface area contributed by atoms with Crippen molar-refractivity contribution in [3.05, 3.63) is 35.9 Å². The number of aliphatic carboxylic acids is 2. The quantitative estimate of drug-likeness (QED) is 0.593. The van der Waals surface area contributed by atoms with E-state index < -0.39 is 18.1 Å². The summed E-state index contributed by atoms with van der Waals surface area (Å²) >= 11 is 0. The lowest BCUT2D eigenvalue weighted by molar-refractivity contribution is -0.192. The highest BCUT2D eigenvalue weighted by Gasteiger charge is 2.52. The molecule has 2 N–H and O–H groups in total. The normalized spacial score (nSPS) is 24.9. The van der Waals surface area contributed by atoms with Crippen LogP contribution in [-0.4, -0.2) is 114 Å². The number of carbonyl (C=O) groups excluding carboxylic acids is 1. The second kappa shape index (κ2) is 11.6. The third-order valence-corrected chi connectivity index (χ3v) is 7.16. The number of nitrogens with zero attached hydrogens (tertiary/aromatic N) is 4. The van der Waals surface area contributed by atoms with Gasteiger partial charge in [0.15, 0.2) is 0 Å². The summed E-state index contributed by atoms with van der Waals surface area (Å²) in [6.07, 6.45) is -1.23. The fourth-order valence-corrected chi connectivity index (χ4v) is 5.12. The van der Waals surface area contributed by atoms with Crippen LogP contribution in [0.3, 0.4) is 0 Å². The van der Waals surface area contributed by atoms with E-state index in [1.165, 1.54) is 5.56 Å². The Labute approximate surface area is 209 Å². The molecule has 1 aromatic rings. The molecule has 1 saturated carbocycles. The summed E-state index contributed by atoms with van der Waals surface area (Å²) in [4.78, 5) is 40.8. The minimum Gasteiger partial charge on any atom is -0.480 e. The van der Waals surface area contributed by atoms with E-state index in [2.05, 4.69) is 48.2 Å². The van der Waals surface area contributed by atoms with Gasteiger partial charge in [0.1, 0.15) is 0 Å². The molecule has 12 heteroatoms. The Balaban J connectivity index is 0.000000572. The van der Waals surface area contributed by atoms with Crippen LogP contribution < -0.4 is 0 Å². The molecule has 0 bridgehead atoms. The van der Waals surface area contributed by atoms with Gasteiger partial charge in [0.2, 0.25) is 5.91 Å². The van der Waals surface area contributed by atoms with Gasteiger partial charge in [0, 0.05) is 31.7 Å². The molecule has 9 nitrogen and oxygen atoms in total. The number of hydrogen-bond donors (Lipinski definition) is 2. The van der Waals surface area contributed by atoms with Crippen molar-refractivity contribution in [1.29, 1.82) is 0 Å². The average Bonchev–Trinajstić information content (AvgIpc) is 3.09. The van der Waals surface area contributed by atoms with Gasteiger partial charge in [-0.05, 0) is 45.3 Å². The molecular weight excluding hydrogens is 481 g/mol. The number of alkyl halides is 3. The molecular formula is C24H35F3N4O5. The van der Waals surface area contributed by atoms with E-state index in [1.54, 1.807) is 19.0 Å². The van der Waals surface area contributed by atoms with Gasteiger partial charge in [-0.3, -0.25) is 24.3 Å². The van der Waals surface area contributed by atoms with Crippen molar-refractivity contribution in [2.45, 2.75) is 42.9 Å². The summed E-state index contributed by atoms with van der Waals surface area (Å²) in [6.45, 7) is 1.60. The minimum absolute atomic E-state index is 0.0198. The highest BCUT2D eigenvalue weighted by atomic mass is 19.4. The number of carboxylic acid groups (broad SMARTS) is 2. The summed E-state index contributed by atoms with van der Waals surface area (Å²) in [5.74, 6) is -3.51. The summed E-state index contributed by atoms with van der Waals surface area (Å²) < 4.78 is 31.7. The summed E-state index contributed by atoms with van der Waals surface area (Å²) in [5, 5.41) is 16.4. The van der Waals surface area contributed by atoms with Crippen molar-refractivity contribution in [2.24, 2.45) is 0 Å². The molecule has 1 heterocycles. The Kier molecular flexibility index (Phi) is 9.49. The van der Waals surface area contributed by atoms with Crippen LogP contribution in [0, 0.1) is 0 Å². The lowest BCUT2D eigenvalue weighted by Gasteiger charge is -2.51. The number of benzene rings is 1. The number of likely N-dealkylation sites (N-methyl/N-ethyl adjacent to an activating group) is 1. The van der Waals surface area contributed by atoms with Crippen molar-refractivity contribution in [3.63, 3.8) is 0 Å². The molecule has 0 radical (unpaired) electrons. The van der Waals surface area contributed by atoms with E-state index in [0.29, 0.717) is 19.8 Å². The molecule has 2 aliphatic rings. The summed E-state index contributed by atoms with van der Waals surface area (Å²) in [5.41, 5.74) is 1.16. The highest BCUT2D eigenvalue weighted by molar-refractivity contribution is 5.78. The molecule has 1 aromatic carbocycles. The first-order chi connectivity index (χ1) is 16.6. The Morgan fingerprint density at radius 3 is 1.89 bits per heavy atom. The molecule has 0 aromatic heterocycles. The first kappa shape index (κ1) is 29.5. The van der Waals surface area contributed by atoms with Crippen molar-refractivity contribution < 1.29 is 37.8 Å².